The van der Waals surface area contributed by atoms with E-state index in [9.17, 15) is 14.0 Å². The van der Waals surface area contributed by atoms with E-state index in [0.29, 0.717) is 5.69 Å². The Bertz CT molecular complexity index is 673. The van der Waals surface area contributed by atoms with Gasteiger partial charge in [0.2, 0.25) is 11.8 Å². The van der Waals surface area contributed by atoms with Crippen LogP contribution < -0.4 is 9.80 Å². The van der Waals surface area contributed by atoms with Crippen molar-refractivity contribution in [3.8, 4) is 0 Å². The van der Waals surface area contributed by atoms with Gasteiger partial charge in [-0.25, -0.2) is 4.39 Å². The average molecular weight is 300 g/mol. The van der Waals surface area contributed by atoms with Crippen molar-refractivity contribution in [2.75, 3.05) is 23.4 Å². The predicted molar refractivity (Wildman–Crippen MR) is 84.3 cm³/mol. The van der Waals surface area contributed by atoms with Gasteiger partial charge in [0.05, 0.1) is 5.69 Å². The zero-order valence-corrected chi connectivity index (χ0v) is 12.5. The fourth-order valence-electron chi connectivity index (χ4n) is 2.07. The van der Waals surface area contributed by atoms with E-state index in [0.717, 1.165) is 4.90 Å². The summed E-state index contributed by atoms with van der Waals surface area (Å²) < 4.78 is 13.9. The molecule has 0 bridgehead atoms. The number of rotatable bonds is 4. The third-order valence-corrected chi connectivity index (χ3v) is 3.33. The van der Waals surface area contributed by atoms with Gasteiger partial charge in [0.1, 0.15) is 12.4 Å². The first-order valence-corrected chi connectivity index (χ1v) is 6.85. The summed E-state index contributed by atoms with van der Waals surface area (Å²) in [6, 6.07) is 15.0. The van der Waals surface area contributed by atoms with Gasteiger partial charge < -0.3 is 9.80 Å². The second-order valence-corrected chi connectivity index (χ2v) is 4.84. The number of para-hydroxylation sites is 2. The first kappa shape index (κ1) is 15.7. The standard InChI is InChI=1S/C17H17FN2O2/c1-13(21)20(16-11-7-6-10-15(16)18)12-17(22)19(2)14-8-4-3-5-9-14/h3-11H,12H2,1-2H3. The fourth-order valence-corrected chi connectivity index (χ4v) is 2.07. The molecule has 0 saturated heterocycles. The predicted octanol–water partition coefficient (Wildman–Crippen LogP) is 2.84. The summed E-state index contributed by atoms with van der Waals surface area (Å²) in [5.41, 5.74) is 0.814. The van der Waals surface area contributed by atoms with E-state index < -0.39 is 5.82 Å². The van der Waals surface area contributed by atoms with Gasteiger partial charge in [-0.05, 0) is 24.3 Å². The molecule has 114 valence electrons. The molecule has 0 spiro atoms. The maximum Gasteiger partial charge on any atom is 0.246 e. The molecule has 2 aromatic carbocycles. The molecule has 0 unspecified atom stereocenters. The van der Waals surface area contributed by atoms with Gasteiger partial charge in [0, 0.05) is 19.7 Å². The van der Waals surface area contributed by atoms with Crippen LogP contribution in [0.5, 0.6) is 0 Å². The van der Waals surface area contributed by atoms with Gasteiger partial charge >= 0.3 is 0 Å². The third-order valence-electron chi connectivity index (χ3n) is 3.33. The van der Waals surface area contributed by atoms with Crippen LogP contribution in [-0.4, -0.2) is 25.4 Å². The quantitative estimate of drug-likeness (QED) is 0.871. The van der Waals surface area contributed by atoms with Crippen LogP contribution in [0.4, 0.5) is 15.8 Å². The molecule has 0 aliphatic heterocycles. The second-order valence-electron chi connectivity index (χ2n) is 4.84. The Balaban J connectivity index is 2.20. The molecule has 2 rings (SSSR count). The molecule has 0 aliphatic carbocycles. The Labute approximate surface area is 128 Å². The van der Waals surface area contributed by atoms with Crippen molar-refractivity contribution >= 4 is 23.2 Å². The summed E-state index contributed by atoms with van der Waals surface area (Å²) in [4.78, 5) is 26.7. The normalized spacial score (nSPS) is 10.1. The van der Waals surface area contributed by atoms with Crippen LogP contribution in [0.2, 0.25) is 0 Å². The lowest BCUT2D eigenvalue weighted by Crippen LogP contribution is -2.41. The van der Waals surface area contributed by atoms with E-state index >= 15 is 0 Å². The van der Waals surface area contributed by atoms with Gasteiger partial charge in [-0.2, -0.15) is 0 Å². The number of nitrogens with zero attached hydrogens (tertiary/aromatic N) is 2. The van der Waals surface area contributed by atoms with Gasteiger partial charge in [-0.1, -0.05) is 30.3 Å². The maximum atomic E-state index is 13.9. The maximum absolute atomic E-state index is 13.9. The molecule has 0 N–H and O–H groups in total. The number of hydrogen-bond acceptors (Lipinski definition) is 2. The first-order chi connectivity index (χ1) is 10.5. The van der Waals surface area contributed by atoms with Gasteiger partial charge in [0.15, 0.2) is 0 Å². The molecule has 0 atom stereocenters. The van der Waals surface area contributed by atoms with E-state index in [-0.39, 0.29) is 24.0 Å². The number of benzene rings is 2. The van der Waals surface area contributed by atoms with Crippen molar-refractivity contribution < 1.29 is 14.0 Å². The summed E-state index contributed by atoms with van der Waals surface area (Å²) in [6.45, 7) is 1.09. The average Bonchev–Trinajstić information content (AvgIpc) is 2.53. The highest BCUT2D eigenvalue weighted by Gasteiger charge is 2.21. The lowest BCUT2D eigenvalue weighted by molar-refractivity contribution is -0.121. The van der Waals surface area contributed by atoms with Crippen LogP contribution in [-0.2, 0) is 9.59 Å². The molecule has 0 heterocycles. The SMILES string of the molecule is CC(=O)N(CC(=O)N(C)c1ccccc1)c1ccccc1F. The molecule has 0 aromatic heterocycles. The van der Waals surface area contributed by atoms with Crippen molar-refractivity contribution in [2.24, 2.45) is 0 Å². The van der Waals surface area contributed by atoms with Gasteiger partial charge in [0.25, 0.3) is 0 Å². The molecule has 0 fully saturated rings. The Hall–Kier alpha value is -2.69. The van der Waals surface area contributed by atoms with Gasteiger partial charge in [-0.3, -0.25) is 9.59 Å². The number of amides is 2. The number of anilines is 2. The Morgan fingerprint density at radius 3 is 2.18 bits per heavy atom. The molecule has 4 nitrogen and oxygen atoms in total. The minimum Gasteiger partial charge on any atom is -0.314 e. The van der Waals surface area contributed by atoms with Crippen molar-refractivity contribution in [1.82, 2.24) is 0 Å². The van der Waals surface area contributed by atoms with E-state index in [1.165, 1.54) is 30.0 Å². The zero-order valence-electron chi connectivity index (χ0n) is 12.5. The summed E-state index contributed by atoms with van der Waals surface area (Å²) >= 11 is 0. The lowest BCUT2D eigenvalue weighted by Gasteiger charge is -2.24. The fraction of sp³-hybridized carbons (Fsp3) is 0.176. The van der Waals surface area contributed by atoms with Crippen LogP contribution in [0.3, 0.4) is 0 Å². The van der Waals surface area contributed by atoms with Crippen LogP contribution >= 0.6 is 0 Å². The number of carbonyl (C=O) groups excluding carboxylic acids is 2. The molecule has 0 aliphatic rings. The summed E-state index contributed by atoms with van der Waals surface area (Å²) in [6.07, 6.45) is 0. The van der Waals surface area contributed by atoms with Crippen molar-refractivity contribution in [3.05, 3.63) is 60.4 Å². The van der Waals surface area contributed by atoms with Crippen LogP contribution in [0, 0.1) is 5.82 Å². The smallest absolute Gasteiger partial charge is 0.246 e. The largest absolute Gasteiger partial charge is 0.314 e. The highest BCUT2D eigenvalue weighted by atomic mass is 19.1. The summed E-state index contributed by atoms with van der Waals surface area (Å²) in [5, 5.41) is 0. The van der Waals surface area contributed by atoms with E-state index in [1.54, 1.807) is 25.2 Å². The van der Waals surface area contributed by atoms with Crippen molar-refractivity contribution in [3.63, 3.8) is 0 Å². The molecule has 22 heavy (non-hydrogen) atoms. The van der Waals surface area contributed by atoms with Crippen LogP contribution in [0.25, 0.3) is 0 Å². The van der Waals surface area contributed by atoms with Crippen molar-refractivity contribution in [2.45, 2.75) is 6.92 Å². The molecular formula is C17H17FN2O2. The molecule has 2 amide bonds. The second kappa shape index (κ2) is 6.85. The minimum absolute atomic E-state index is 0.102. The number of hydrogen-bond donors (Lipinski definition) is 0. The molecule has 0 saturated carbocycles. The third kappa shape index (κ3) is 3.49. The number of halogens is 1. The Morgan fingerprint density at radius 2 is 1.59 bits per heavy atom. The molecule has 2 aromatic rings. The highest BCUT2D eigenvalue weighted by Crippen LogP contribution is 2.19. The first-order valence-electron chi connectivity index (χ1n) is 6.85. The monoisotopic (exact) mass is 300 g/mol. The Morgan fingerprint density at radius 1 is 1.00 bits per heavy atom. The van der Waals surface area contributed by atoms with Crippen LogP contribution in [0.15, 0.2) is 54.6 Å². The molecule has 5 heteroatoms. The Kier molecular flexibility index (Phi) is 4.88. The topological polar surface area (TPSA) is 40.6 Å². The van der Waals surface area contributed by atoms with Gasteiger partial charge in [-0.15, -0.1) is 0 Å². The molecular weight excluding hydrogens is 283 g/mol. The highest BCUT2D eigenvalue weighted by molar-refractivity contribution is 6.02. The number of carbonyl (C=O) groups is 2. The van der Waals surface area contributed by atoms with Crippen LogP contribution in [0.1, 0.15) is 6.92 Å². The number of likely N-dealkylation sites (N-methyl/N-ethyl adjacent to an activating group) is 1. The summed E-state index contributed by atoms with van der Waals surface area (Å²) in [5.74, 6) is -1.22. The van der Waals surface area contributed by atoms with E-state index in [4.69, 9.17) is 0 Å². The molecule has 0 radical (unpaired) electrons. The lowest BCUT2D eigenvalue weighted by atomic mass is 10.2. The van der Waals surface area contributed by atoms with E-state index in [2.05, 4.69) is 0 Å². The zero-order chi connectivity index (χ0) is 16.1. The van der Waals surface area contributed by atoms with E-state index in [1.807, 2.05) is 18.2 Å². The van der Waals surface area contributed by atoms with Crippen molar-refractivity contribution in [1.29, 1.82) is 0 Å². The summed E-state index contributed by atoms with van der Waals surface area (Å²) in [7, 11) is 1.62. The minimum atomic E-state index is -0.534.